The van der Waals surface area contributed by atoms with Crippen molar-refractivity contribution >= 4 is 50.7 Å². The van der Waals surface area contributed by atoms with Gasteiger partial charge in [-0.15, -0.1) is 0 Å². The van der Waals surface area contributed by atoms with Crippen molar-refractivity contribution in [3.05, 3.63) is 93.5 Å². The second-order valence-corrected chi connectivity index (χ2v) is 13.4. The predicted molar refractivity (Wildman–Crippen MR) is 166 cm³/mol. The Kier molecular flexibility index (Phi) is 11.7. The molecule has 0 unspecified atom stereocenters. The Labute approximate surface area is 266 Å². The van der Waals surface area contributed by atoms with Gasteiger partial charge in [0.15, 0.2) is 0 Å². The van der Waals surface area contributed by atoms with Crippen molar-refractivity contribution in [2.24, 2.45) is 5.92 Å². The minimum Gasteiger partial charge on any atom is -0.354 e. The van der Waals surface area contributed by atoms with E-state index in [2.05, 4.69) is 5.32 Å². The summed E-state index contributed by atoms with van der Waals surface area (Å²) in [7, 11) is -4.57. The predicted octanol–water partition coefficient (Wildman–Crippen LogP) is 7.10. The first-order valence-corrected chi connectivity index (χ1v) is 16.0. The number of halogens is 5. The van der Waals surface area contributed by atoms with Crippen molar-refractivity contribution < 1.29 is 31.2 Å². The van der Waals surface area contributed by atoms with Crippen LogP contribution in [0.3, 0.4) is 0 Å². The smallest absolute Gasteiger partial charge is 0.354 e. The molecule has 238 valence electrons. The summed E-state index contributed by atoms with van der Waals surface area (Å²) in [6, 6.07) is 13.9. The summed E-state index contributed by atoms with van der Waals surface area (Å²) in [6.07, 6.45) is -4.70. The number of hydrogen-bond donors (Lipinski definition) is 1. The largest absolute Gasteiger partial charge is 0.417 e. The molecule has 0 saturated heterocycles. The fourth-order valence-corrected chi connectivity index (χ4v) is 6.14. The summed E-state index contributed by atoms with van der Waals surface area (Å²) in [5, 5.41) is 2.64. The molecule has 7 nitrogen and oxygen atoms in total. The zero-order valence-electron chi connectivity index (χ0n) is 24.7. The number of nitrogens with one attached hydrogen (secondary N) is 1. The molecule has 0 aliphatic rings. The number of carbonyl (C=O) groups excluding carboxylic acids is 2. The van der Waals surface area contributed by atoms with Gasteiger partial charge in [-0.2, -0.15) is 13.2 Å². The fourth-order valence-electron chi connectivity index (χ4n) is 4.38. The van der Waals surface area contributed by atoms with Crippen molar-refractivity contribution in [2.75, 3.05) is 17.4 Å². The highest BCUT2D eigenvalue weighted by molar-refractivity contribution is 7.92. The van der Waals surface area contributed by atoms with Gasteiger partial charge in [-0.05, 0) is 67.3 Å². The Morgan fingerprint density at radius 1 is 0.955 bits per heavy atom. The van der Waals surface area contributed by atoms with Crippen molar-refractivity contribution in [2.45, 2.75) is 57.8 Å². The van der Waals surface area contributed by atoms with E-state index in [4.69, 9.17) is 23.2 Å². The maximum absolute atomic E-state index is 14.1. The lowest BCUT2D eigenvalue weighted by atomic mass is 10.1. The zero-order valence-corrected chi connectivity index (χ0v) is 27.0. The standard InChI is InChI=1S/C31H34Cl2F3N3O4S/c1-5-28(30(41)37-17-20(2)3)38(18-22-8-10-23(32)11-9-22)29(40)19-39(44(42,43)25-13-6-21(4)7-14-25)24-12-15-27(33)26(16-24)31(34,35)36/h6-16,20,28H,5,17-19H2,1-4H3,(H,37,41)/t28-/m1/s1. The SMILES string of the molecule is CC[C@H](C(=O)NCC(C)C)N(Cc1ccc(Cl)cc1)C(=O)CN(c1ccc(Cl)c(C(F)(F)F)c1)S(=O)(=O)c1ccc(C)cc1. The highest BCUT2D eigenvalue weighted by atomic mass is 35.5. The van der Waals surface area contributed by atoms with Crippen LogP contribution in [0.2, 0.25) is 10.0 Å². The van der Waals surface area contributed by atoms with E-state index in [1.54, 1.807) is 38.1 Å². The summed E-state index contributed by atoms with van der Waals surface area (Å²) < 4.78 is 69.9. The van der Waals surface area contributed by atoms with Crippen LogP contribution in [-0.2, 0) is 32.3 Å². The van der Waals surface area contributed by atoms with E-state index in [0.717, 1.165) is 17.7 Å². The van der Waals surface area contributed by atoms with Crippen LogP contribution in [0.25, 0.3) is 0 Å². The van der Waals surface area contributed by atoms with E-state index in [1.165, 1.54) is 29.2 Å². The summed E-state index contributed by atoms with van der Waals surface area (Å²) in [5.74, 6) is -1.12. The molecule has 1 atom stereocenters. The van der Waals surface area contributed by atoms with E-state index in [-0.39, 0.29) is 23.8 Å². The topological polar surface area (TPSA) is 86.8 Å². The van der Waals surface area contributed by atoms with Crippen LogP contribution >= 0.6 is 23.2 Å². The monoisotopic (exact) mass is 671 g/mol. The molecule has 0 fully saturated rings. The first-order chi connectivity index (χ1) is 20.5. The molecule has 0 aromatic heterocycles. The number of amides is 2. The number of benzene rings is 3. The van der Waals surface area contributed by atoms with Crippen molar-refractivity contribution in [3.8, 4) is 0 Å². The Morgan fingerprint density at radius 3 is 2.11 bits per heavy atom. The molecule has 0 aliphatic carbocycles. The van der Waals surface area contributed by atoms with Crippen LogP contribution in [-0.4, -0.2) is 44.3 Å². The Hall–Kier alpha value is -3.28. The first-order valence-electron chi connectivity index (χ1n) is 13.8. The number of sulfonamides is 1. The summed E-state index contributed by atoms with van der Waals surface area (Å²) >= 11 is 11.8. The molecule has 2 amide bonds. The van der Waals surface area contributed by atoms with E-state index >= 15 is 0 Å². The summed E-state index contributed by atoms with van der Waals surface area (Å²) in [6.45, 7) is 6.64. The van der Waals surface area contributed by atoms with Gasteiger partial charge in [-0.1, -0.05) is 73.8 Å². The Morgan fingerprint density at radius 2 is 1.57 bits per heavy atom. The van der Waals surface area contributed by atoms with Crippen LogP contribution in [0, 0.1) is 12.8 Å². The van der Waals surface area contributed by atoms with E-state index in [0.29, 0.717) is 27.5 Å². The molecule has 0 aliphatic heterocycles. The highest BCUT2D eigenvalue weighted by Gasteiger charge is 2.37. The number of anilines is 1. The maximum Gasteiger partial charge on any atom is 0.417 e. The van der Waals surface area contributed by atoms with Gasteiger partial charge in [-0.3, -0.25) is 13.9 Å². The average molecular weight is 673 g/mol. The van der Waals surface area contributed by atoms with Crippen LogP contribution in [0.15, 0.2) is 71.6 Å². The van der Waals surface area contributed by atoms with E-state index < -0.39 is 56.9 Å². The lowest BCUT2D eigenvalue weighted by molar-refractivity contribution is -0.140. The Bertz CT molecular complexity index is 1570. The molecular formula is C31H34Cl2F3N3O4S. The highest BCUT2D eigenvalue weighted by Crippen LogP contribution is 2.38. The number of carbonyl (C=O) groups is 2. The fraction of sp³-hybridized carbons (Fsp3) is 0.355. The Balaban J connectivity index is 2.13. The first kappa shape index (κ1) is 35.2. The number of hydrogen-bond acceptors (Lipinski definition) is 4. The summed E-state index contributed by atoms with van der Waals surface area (Å²) in [4.78, 5) is 28.4. The van der Waals surface area contributed by atoms with Crippen LogP contribution in [0.4, 0.5) is 18.9 Å². The molecule has 3 aromatic rings. The van der Waals surface area contributed by atoms with Crippen LogP contribution < -0.4 is 9.62 Å². The van der Waals surface area contributed by atoms with Gasteiger partial charge in [0.2, 0.25) is 11.8 Å². The molecule has 3 aromatic carbocycles. The van der Waals surface area contributed by atoms with Gasteiger partial charge in [0, 0.05) is 18.1 Å². The van der Waals surface area contributed by atoms with Gasteiger partial charge in [0.25, 0.3) is 10.0 Å². The molecule has 13 heteroatoms. The minimum atomic E-state index is -4.89. The molecule has 0 heterocycles. The number of rotatable bonds is 12. The van der Waals surface area contributed by atoms with Crippen molar-refractivity contribution in [1.29, 1.82) is 0 Å². The lowest BCUT2D eigenvalue weighted by Crippen LogP contribution is -2.52. The maximum atomic E-state index is 14.1. The molecule has 3 rings (SSSR count). The molecule has 0 bridgehead atoms. The molecule has 1 N–H and O–H groups in total. The number of aryl methyl sites for hydroxylation is 1. The van der Waals surface area contributed by atoms with Crippen LogP contribution in [0.5, 0.6) is 0 Å². The van der Waals surface area contributed by atoms with Crippen LogP contribution in [0.1, 0.15) is 43.9 Å². The molecular weight excluding hydrogens is 638 g/mol. The van der Waals surface area contributed by atoms with Gasteiger partial charge in [0.05, 0.1) is 21.2 Å². The molecule has 0 spiro atoms. The third-order valence-corrected chi connectivity index (χ3v) is 9.14. The van der Waals surface area contributed by atoms with E-state index in [9.17, 15) is 31.2 Å². The zero-order chi connectivity index (χ0) is 32.8. The number of alkyl halides is 3. The normalized spacial score (nSPS) is 12.6. The van der Waals surface area contributed by atoms with Gasteiger partial charge >= 0.3 is 6.18 Å². The molecule has 0 saturated carbocycles. The third kappa shape index (κ3) is 8.89. The average Bonchev–Trinajstić information content (AvgIpc) is 2.95. The molecule has 44 heavy (non-hydrogen) atoms. The second kappa shape index (κ2) is 14.7. The second-order valence-electron chi connectivity index (χ2n) is 10.7. The number of nitrogens with zero attached hydrogens (tertiary/aromatic N) is 2. The summed E-state index contributed by atoms with van der Waals surface area (Å²) in [5.41, 5.74) is -0.313. The van der Waals surface area contributed by atoms with Gasteiger partial charge in [0.1, 0.15) is 12.6 Å². The van der Waals surface area contributed by atoms with Gasteiger partial charge in [-0.25, -0.2) is 8.42 Å². The quantitative estimate of drug-likeness (QED) is 0.223. The molecule has 0 radical (unpaired) electrons. The van der Waals surface area contributed by atoms with Gasteiger partial charge < -0.3 is 10.2 Å². The minimum absolute atomic E-state index is 0.0869. The lowest BCUT2D eigenvalue weighted by Gasteiger charge is -2.33. The van der Waals surface area contributed by atoms with E-state index in [1.807, 2.05) is 13.8 Å². The van der Waals surface area contributed by atoms with Crippen molar-refractivity contribution in [1.82, 2.24) is 10.2 Å². The third-order valence-electron chi connectivity index (χ3n) is 6.77. The van der Waals surface area contributed by atoms with Crippen molar-refractivity contribution in [3.63, 3.8) is 0 Å².